The van der Waals surface area contributed by atoms with E-state index in [-0.39, 0.29) is 5.78 Å². The Bertz CT molecular complexity index is 1040. The first kappa shape index (κ1) is 32.8. The Morgan fingerprint density at radius 2 is 1.41 bits per heavy atom. The van der Waals surface area contributed by atoms with E-state index in [4.69, 9.17) is 32.7 Å². The average Bonchev–Trinajstić information content (AvgIpc) is 3.38. The second kappa shape index (κ2) is 15.9. The average molecular weight is 551 g/mol. The minimum absolute atomic E-state index is 0.173. The molecule has 0 saturated carbocycles. The van der Waals surface area contributed by atoms with Crippen molar-refractivity contribution < 1.29 is 14.3 Å². The standard InChI is InChI=1S/C15H9Cl2N3O.2C7H16O/c16-11-3-6-14(17)13(7-11)15(21)10-1-4-12(5-2-10)20-9-18-8-19-20;2*1-5-8-6-7(2,3)4/h1-9H;2*5-6H2,1-4H3. The number of carbonyl (C=O) groups is 1. The largest absolute Gasteiger partial charge is 0.381 e. The van der Waals surface area contributed by atoms with Crippen LogP contribution >= 0.6 is 23.2 Å². The van der Waals surface area contributed by atoms with Gasteiger partial charge in [-0.15, -0.1) is 0 Å². The van der Waals surface area contributed by atoms with Gasteiger partial charge in [-0.3, -0.25) is 4.79 Å². The normalized spacial score (nSPS) is 11.2. The Labute approximate surface area is 232 Å². The summed E-state index contributed by atoms with van der Waals surface area (Å²) in [5.74, 6) is -0.173. The first-order chi connectivity index (χ1) is 17.3. The number of benzene rings is 2. The summed E-state index contributed by atoms with van der Waals surface area (Å²) in [6.45, 7) is 20.4. The van der Waals surface area contributed by atoms with Crippen molar-refractivity contribution >= 4 is 29.0 Å². The van der Waals surface area contributed by atoms with Crippen molar-refractivity contribution in [2.24, 2.45) is 10.8 Å². The molecule has 0 bridgehead atoms. The number of ketones is 1. The van der Waals surface area contributed by atoms with Gasteiger partial charge in [-0.05, 0) is 67.1 Å². The Hall–Kier alpha value is -2.25. The van der Waals surface area contributed by atoms with Crippen LogP contribution in [0.25, 0.3) is 5.69 Å². The second-order valence-corrected chi connectivity index (χ2v) is 11.6. The first-order valence-corrected chi connectivity index (χ1v) is 13.1. The highest BCUT2D eigenvalue weighted by atomic mass is 35.5. The monoisotopic (exact) mass is 549 g/mol. The van der Waals surface area contributed by atoms with E-state index in [0.717, 1.165) is 32.1 Å². The van der Waals surface area contributed by atoms with E-state index in [2.05, 4.69) is 51.6 Å². The molecular weight excluding hydrogens is 509 g/mol. The summed E-state index contributed by atoms with van der Waals surface area (Å²) in [5, 5.41) is 4.88. The number of aromatic nitrogens is 3. The predicted molar refractivity (Wildman–Crippen MR) is 153 cm³/mol. The lowest BCUT2D eigenvalue weighted by Crippen LogP contribution is -2.14. The van der Waals surface area contributed by atoms with Gasteiger partial charge in [0, 0.05) is 29.4 Å². The zero-order valence-electron chi connectivity index (χ0n) is 23.3. The minimum Gasteiger partial charge on any atom is -0.381 e. The van der Waals surface area contributed by atoms with Gasteiger partial charge in [0.05, 0.1) is 23.9 Å². The summed E-state index contributed by atoms with van der Waals surface area (Å²) < 4.78 is 12.0. The molecule has 37 heavy (non-hydrogen) atoms. The molecule has 0 amide bonds. The van der Waals surface area contributed by atoms with Crippen molar-refractivity contribution in [3.8, 4) is 5.69 Å². The molecule has 0 spiro atoms. The molecule has 0 fully saturated rings. The molecule has 0 aliphatic carbocycles. The number of ether oxygens (including phenoxy) is 2. The van der Waals surface area contributed by atoms with E-state index < -0.39 is 0 Å². The van der Waals surface area contributed by atoms with Crippen LogP contribution in [0.5, 0.6) is 0 Å². The van der Waals surface area contributed by atoms with Crippen LogP contribution < -0.4 is 0 Å². The van der Waals surface area contributed by atoms with Crippen LogP contribution in [0.2, 0.25) is 10.0 Å². The predicted octanol–water partition coefficient (Wildman–Crippen LogP) is 7.94. The molecule has 0 unspecified atom stereocenters. The van der Waals surface area contributed by atoms with Crippen LogP contribution in [0.15, 0.2) is 55.1 Å². The topological polar surface area (TPSA) is 66.2 Å². The van der Waals surface area contributed by atoms with Gasteiger partial charge < -0.3 is 9.47 Å². The Morgan fingerprint density at radius 1 is 0.865 bits per heavy atom. The first-order valence-electron chi connectivity index (χ1n) is 12.4. The number of hydrogen-bond donors (Lipinski definition) is 0. The molecule has 0 saturated heterocycles. The van der Waals surface area contributed by atoms with Crippen LogP contribution in [0.4, 0.5) is 0 Å². The molecule has 0 N–H and O–H groups in total. The fraction of sp³-hybridized carbons (Fsp3) is 0.483. The van der Waals surface area contributed by atoms with Crippen molar-refractivity contribution in [3.63, 3.8) is 0 Å². The third-order valence-electron chi connectivity index (χ3n) is 4.46. The highest BCUT2D eigenvalue weighted by molar-refractivity contribution is 6.36. The molecule has 1 aromatic heterocycles. The molecule has 8 heteroatoms. The number of halogens is 2. The van der Waals surface area contributed by atoms with E-state index in [0.29, 0.717) is 32.0 Å². The Kier molecular flexibility index (Phi) is 14.1. The second-order valence-electron chi connectivity index (χ2n) is 10.7. The molecule has 2 aromatic carbocycles. The van der Waals surface area contributed by atoms with Gasteiger partial charge >= 0.3 is 0 Å². The highest BCUT2D eigenvalue weighted by Gasteiger charge is 2.14. The zero-order chi connectivity index (χ0) is 28.1. The van der Waals surface area contributed by atoms with Gasteiger partial charge in [-0.1, -0.05) is 64.7 Å². The zero-order valence-corrected chi connectivity index (χ0v) is 24.9. The van der Waals surface area contributed by atoms with E-state index in [1.807, 2.05) is 13.8 Å². The van der Waals surface area contributed by atoms with Gasteiger partial charge in [0.2, 0.25) is 0 Å². The van der Waals surface area contributed by atoms with Gasteiger partial charge in [-0.25, -0.2) is 9.67 Å². The third-order valence-corrected chi connectivity index (χ3v) is 5.03. The quantitative estimate of drug-likeness (QED) is 0.279. The molecule has 3 aromatic rings. The van der Waals surface area contributed by atoms with Gasteiger partial charge in [-0.2, -0.15) is 5.10 Å². The molecular formula is C29H41Cl2N3O3. The number of hydrogen-bond acceptors (Lipinski definition) is 5. The summed E-state index contributed by atoms with van der Waals surface area (Å²) in [5.41, 5.74) is 2.40. The smallest absolute Gasteiger partial charge is 0.194 e. The van der Waals surface area contributed by atoms with Crippen molar-refractivity contribution in [1.29, 1.82) is 0 Å². The number of rotatable bonds is 7. The maximum atomic E-state index is 12.4. The summed E-state index contributed by atoms with van der Waals surface area (Å²) in [4.78, 5) is 16.3. The SMILES string of the molecule is CCOCC(C)(C)C.CCOCC(C)(C)C.O=C(c1ccc(-n2cncn2)cc1)c1cc(Cl)ccc1Cl. The van der Waals surface area contributed by atoms with Crippen LogP contribution in [0.3, 0.4) is 0 Å². The van der Waals surface area contributed by atoms with Crippen LogP contribution in [-0.2, 0) is 9.47 Å². The minimum atomic E-state index is -0.173. The van der Waals surface area contributed by atoms with E-state index in [1.54, 1.807) is 53.5 Å². The lowest BCUT2D eigenvalue weighted by atomic mass is 9.99. The van der Waals surface area contributed by atoms with Crippen molar-refractivity contribution in [1.82, 2.24) is 14.8 Å². The third kappa shape index (κ3) is 13.7. The van der Waals surface area contributed by atoms with Crippen LogP contribution in [0, 0.1) is 10.8 Å². The number of nitrogens with zero attached hydrogens (tertiary/aromatic N) is 3. The Balaban J connectivity index is 0.000000355. The van der Waals surface area contributed by atoms with Crippen LogP contribution in [-0.4, -0.2) is 47.0 Å². The van der Waals surface area contributed by atoms with Gasteiger partial charge in [0.15, 0.2) is 5.78 Å². The lowest BCUT2D eigenvalue weighted by molar-refractivity contribution is 0.0805. The maximum absolute atomic E-state index is 12.4. The number of carbonyl (C=O) groups excluding carboxylic acids is 1. The van der Waals surface area contributed by atoms with Crippen molar-refractivity contribution in [2.45, 2.75) is 55.4 Å². The van der Waals surface area contributed by atoms with Crippen molar-refractivity contribution in [2.75, 3.05) is 26.4 Å². The summed E-state index contributed by atoms with van der Waals surface area (Å²) >= 11 is 12.0. The Morgan fingerprint density at radius 3 is 1.81 bits per heavy atom. The summed E-state index contributed by atoms with van der Waals surface area (Å²) in [6, 6.07) is 11.8. The molecule has 0 atom stereocenters. The van der Waals surface area contributed by atoms with Crippen molar-refractivity contribution in [3.05, 3.63) is 76.3 Å². The van der Waals surface area contributed by atoms with Gasteiger partial charge in [0.25, 0.3) is 0 Å². The summed E-state index contributed by atoms with van der Waals surface area (Å²) in [6.07, 6.45) is 3.04. The van der Waals surface area contributed by atoms with Gasteiger partial charge in [0.1, 0.15) is 12.7 Å². The molecule has 204 valence electrons. The highest BCUT2D eigenvalue weighted by Crippen LogP contribution is 2.24. The summed E-state index contributed by atoms with van der Waals surface area (Å²) in [7, 11) is 0. The van der Waals surface area contributed by atoms with E-state index >= 15 is 0 Å². The fourth-order valence-electron chi connectivity index (χ4n) is 2.75. The van der Waals surface area contributed by atoms with Crippen LogP contribution in [0.1, 0.15) is 71.3 Å². The molecule has 3 rings (SSSR count). The maximum Gasteiger partial charge on any atom is 0.194 e. The molecule has 1 heterocycles. The van der Waals surface area contributed by atoms with E-state index in [9.17, 15) is 4.79 Å². The molecule has 6 nitrogen and oxygen atoms in total. The molecule has 0 aliphatic heterocycles. The van der Waals surface area contributed by atoms with E-state index in [1.165, 1.54) is 6.33 Å². The lowest BCUT2D eigenvalue weighted by Gasteiger charge is -2.16. The fourth-order valence-corrected chi connectivity index (χ4v) is 3.13. The molecule has 0 aliphatic rings. The molecule has 0 radical (unpaired) electrons.